The van der Waals surface area contributed by atoms with E-state index in [9.17, 15) is 13.5 Å². The van der Waals surface area contributed by atoms with Gasteiger partial charge in [-0.25, -0.2) is 8.42 Å². The third-order valence-electron chi connectivity index (χ3n) is 3.60. The minimum absolute atomic E-state index is 0.178. The molecule has 0 aliphatic rings. The molecule has 0 heterocycles. The molecule has 130 valence electrons. The monoisotopic (exact) mass is 349 g/mol. The van der Waals surface area contributed by atoms with Crippen molar-refractivity contribution in [2.45, 2.75) is 33.6 Å². The van der Waals surface area contributed by atoms with E-state index >= 15 is 0 Å². The quantitative estimate of drug-likeness (QED) is 0.844. The van der Waals surface area contributed by atoms with E-state index in [1.807, 2.05) is 33.8 Å². The largest absolute Gasteiger partial charge is 0.508 e. The summed E-state index contributed by atoms with van der Waals surface area (Å²) in [7, 11) is -3.32. The SMILES string of the molecule is Cc1cc(NS(C)(=O)=O)cc(C)c1Oc1ccc(O)c(C(C)C)c1. The minimum atomic E-state index is -3.32. The Labute approximate surface area is 143 Å². The molecule has 6 heteroatoms. The lowest BCUT2D eigenvalue weighted by Gasteiger charge is -2.16. The van der Waals surface area contributed by atoms with Crippen molar-refractivity contribution in [3.63, 3.8) is 0 Å². The van der Waals surface area contributed by atoms with Crippen molar-refractivity contribution in [1.82, 2.24) is 0 Å². The van der Waals surface area contributed by atoms with Crippen LogP contribution < -0.4 is 9.46 Å². The number of benzene rings is 2. The van der Waals surface area contributed by atoms with Crippen LogP contribution in [0.15, 0.2) is 30.3 Å². The zero-order valence-electron chi connectivity index (χ0n) is 14.5. The summed E-state index contributed by atoms with van der Waals surface area (Å²) in [5.41, 5.74) is 2.97. The van der Waals surface area contributed by atoms with Gasteiger partial charge in [0.05, 0.1) is 6.26 Å². The van der Waals surface area contributed by atoms with Crippen LogP contribution in [-0.4, -0.2) is 19.8 Å². The molecule has 0 spiro atoms. The average Bonchev–Trinajstić information content (AvgIpc) is 2.42. The summed E-state index contributed by atoms with van der Waals surface area (Å²) < 4.78 is 31.2. The second-order valence-electron chi connectivity index (χ2n) is 6.29. The molecular formula is C18H23NO4S. The van der Waals surface area contributed by atoms with E-state index in [1.54, 1.807) is 24.3 Å². The van der Waals surface area contributed by atoms with Crippen LogP contribution in [0.5, 0.6) is 17.2 Å². The Morgan fingerprint density at radius 3 is 2.17 bits per heavy atom. The maximum absolute atomic E-state index is 11.4. The van der Waals surface area contributed by atoms with E-state index in [4.69, 9.17) is 4.74 Å². The lowest BCUT2D eigenvalue weighted by molar-refractivity contribution is 0.452. The van der Waals surface area contributed by atoms with E-state index in [1.165, 1.54) is 0 Å². The third kappa shape index (κ3) is 4.41. The van der Waals surface area contributed by atoms with E-state index < -0.39 is 10.0 Å². The van der Waals surface area contributed by atoms with E-state index in [0.717, 1.165) is 22.9 Å². The zero-order chi connectivity index (χ0) is 18.1. The minimum Gasteiger partial charge on any atom is -0.508 e. The fourth-order valence-electron chi connectivity index (χ4n) is 2.56. The Morgan fingerprint density at radius 1 is 1.08 bits per heavy atom. The van der Waals surface area contributed by atoms with Gasteiger partial charge in [0.25, 0.3) is 0 Å². The standard InChI is InChI=1S/C18H23NO4S/c1-11(2)16-10-15(6-7-17(16)20)23-18-12(3)8-14(9-13(18)4)19-24(5,21)22/h6-11,19-20H,1-5H3. The molecule has 0 aliphatic carbocycles. The average molecular weight is 349 g/mol. The van der Waals surface area contributed by atoms with Crippen molar-refractivity contribution >= 4 is 15.7 Å². The van der Waals surface area contributed by atoms with Crippen LogP contribution in [0.2, 0.25) is 0 Å². The summed E-state index contributed by atoms with van der Waals surface area (Å²) in [6, 6.07) is 8.61. The molecule has 0 fully saturated rings. The summed E-state index contributed by atoms with van der Waals surface area (Å²) in [5.74, 6) is 1.73. The van der Waals surface area contributed by atoms with E-state index in [-0.39, 0.29) is 11.7 Å². The zero-order valence-corrected chi connectivity index (χ0v) is 15.4. The first-order valence-electron chi connectivity index (χ1n) is 7.66. The molecule has 2 rings (SSSR count). The number of aromatic hydroxyl groups is 1. The van der Waals surface area contributed by atoms with Gasteiger partial charge in [-0.15, -0.1) is 0 Å². The van der Waals surface area contributed by atoms with Gasteiger partial charge in [0, 0.05) is 11.3 Å². The summed E-state index contributed by atoms with van der Waals surface area (Å²) in [5, 5.41) is 9.90. The van der Waals surface area contributed by atoms with Gasteiger partial charge < -0.3 is 9.84 Å². The lowest BCUT2D eigenvalue weighted by atomic mass is 10.0. The number of hydrogen-bond donors (Lipinski definition) is 2. The molecule has 24 heavy (non-hydrogen) atoms. The van der Waals surface area contributed by atoms with Gasteiger partial charge in [0.2, 0.25) is 10.0 Å². The molecule has 0 saturated heterocycles. The Balaban J connectivity index is 2.35. The maximum atomic E-state index is 11.4. The summed E-state index contributed by atoms with van der Waals surface area (Å²) in [6.45, 7) is 7.72. The summed E-state index contributed by atoms with van der Waals surface area (Å²) in [4.78, 5) is 0. The highest BCUT2D eigenvalue weighted by molar-refractivity contribution is 7.92. The van der Waals surface area contributed by atoms with Crippen molar-refractivity contribution in [3.8, 4) is 17.2 Å². The highest BCUT2D eigenvalue weighted by Crippen LogP contribution is 2.35. The maximum Gasteiger partial charge on any atom is 0.229 e. The van der Waals surface area contributed by atoms with Gasteiger partial charge in [-0.2, -0.15) is 0 Å². The van der Waals surface area contributed by atoms with Crippen LogP contribution in [0.1, 0.15) is 36.5 Å². The Morgan fingerprint density at radius 2 is 1.67 bits per heavy atom. The molecular weight excluding hydrogens is 326 g/mol. The van der Waals surface area contributed by atoms with Crippen LogP contribution in [-0.2, 0) is 10.0 Å². The number of nitrogens with one attached hydrogen (secondary N) is 1. The Bertz CT molecular complexity index is 834. The normalized spacial score (nSPS) is 11.6. The molecule has 2 aromatic rings. The molecule has 2 N–H and O–H groups in total. The molecule has 0 radical (unpaired) electrons. The number of hydrogen-bond acceptors (Lipinski definition) is 4. The number of rotatable bonds is 5. The number of sulfonamides is 1. The highest BCUT2D eigenvalue weighted by atomic mass is 32.2. The van der Waals surface area contributed by atoms with Gasteiger partial charge >= 0.3 is 0 Å². The summed E-state index contributed by atoms with van der Waals surface area (Å²) in [6.07, 6.45) is 1.12. The number of anilines is 1. The number of phenolic OH excluding ortho intramolecular Hbond substituents is 1. The predicted molar refractivity (Wildman–Crippen MR) is 96.7 cm³/mol. The van der Waals surface area contributed by atoms with Crippen LogP contribution in [0.25, 0.3) is 0 Å². The van der Waals surface area contributed by atoms with Crippen LogP contribution in [0.3, 0.4) is 0 Å². The molecule has 5 nitrogen and oxygen atoms in total. The Kier molecular flexibility index (Phi) is 5.08. The van der Waals surface area contributed by atoms with Gasteiger partial charge in [-0.05, 0) is 61.2 Å². The number of ether oxygens (including phenoxy) is 1. The lowest BCUT2D eigenvalue weighted by Crippen LogP contribution is -2.10. The van der Waals surface area contributed by atoms with Crippen molar-refractivity contribution in [3.05, 3.63) is 47.0 Å². The number of phenols is 1. The van der Waals surface area contributed by atoms with Crippen LogP contribution in [0.4, 0.5) is 5.69 Å². The predicted octanol–water partition coefficient (Wildman–Crippen LogP) is 4.30. The van der Waals surface area contributed by atoms with Gasteiger partial charge in [0.1, 0.15) is 17.2 Å². The molecule has 2 aromatic carbocycles. The van der Waals surface area contributed by atoms with Crippen molar-refractivity contribution < 1.29 is 18.3 Å². The van der Waals surface area contributed by atoms with Crippen molar-refractivity contribution in [2.24, 2.45) is 0 Å². The molecule has 0 unspecified atom stereocenters. The van der Waals surface area contributed by atoms with E-state index in [2.05, 4.69) is 4.72 Å². The summed E-state index contributed by atoms with van der Waals surface area (Å²) >= 11 is 0. The highest BCUT2D eigenvalue weighted by Gasteiger charge is 2.12. The first-order valence-corrected chi connectivity index (χ1v) is 9.56. The molecule has 0 atom stereocenters. The Hall–Kier alpha value is -2.21. The first kappa shape index (κ1) is 18.1. The second kappa shape index (κ2) is 6.73. The molecule has 0 bridgehead atoms. The van der Waals surface area contributed by atoms with Gasteiger partial charge in [0.15, 0.2) is 0 Å². The smallest absolute Gasteiger partial charge is 0.229 e. The van der Waals surface area contributed by atoms with Crippen molar-refractivity contribution in [2.75, 3.05) is 11.0 Å². The van der Waals surface area contributed by atoms with Crippen LogP contribution in [0, 0.1) is 13.8 Å². The van der Waals surface area contributed by atoms with E-state index in [0.29, 0.717) is 17.2 Å². The second-order valence-corrected chi connectivity index (χ2v) is 8.04. The molecule has 0 aliphatic heterocycles. The molecule has 0 saturated carbocycles. The topological polar surface area (TPSA) is 75.6 Å². The molecule has 0 aromatic heterocycles. The third-order valence-corrected chi connectivity index (χ3v) is 4.21. The number of aryl methyl sites for hydroxylation is 2. The van der Waals surface area contributed by atoms with Crippen molar-refractivity contribution in [1.29, 1.82) is 0 Å². The fourth-order valence-corrected chi connectivity index (χ4v) is 3.11. The van der Waals surface area contributed by atoms with Gasteiger partial charge in [-0.3, -0.25) is 4.72 Å². The molecule has 0 amide bonds. The van der Waals surface area contributed by atoms with Gasteiger partial charge in [-0.1, -0.05) is 13.8 Å². The van der Waals surface area contributed by atoms with Crippen LogP contribution >= 0.6 is 0 Å². The first-order chi connectivity index (χ1) is 11.1. The fraction of sp³-hybridized carbons (Fsp3) is 0.333.